The highest BCUT2D eigenvalue weighted by Gasteiger charge is 2.18. The van der Waals surface area contributed by atoms with Gasteiger partial charge in [0.1, 0.15) is 0 Å². The van der Waals surface area contributed by atoms with E-state index in [1.54, 1.807) is 18.6 Å². The third-order valence-electron chi connectivity index (χ3n) is 2.41. The average Bonchev–Trinajstić information content (AvgIpc) is 2.72. The molecule has 0 aromatic carbocycles. The summed E-state index contributed by atoms with van der Waals surface area (Å²) >= 11 is 0. The molecule has 0 aliphatic carbocycles. The minimum absolute atomic E-state index is 0.0357. The van der Waals surface area contributed by atoms with Crippen molar-refractivity contribution in [2.24, 2.45) is 0 Å². The van der Waals surface area contributed by atoms with E-state index >= 15 is 0 Å². The van der Waals surface area contributed by atoms with Crippen LogP contribution in [0.15, 0.2) is 18.6 Å². The van der Waals surface area contributed by atoms with Crippen molar-refractivity contribution in [2.75, 3.05) is 13.1 Å². The molecule has 4 heteroatoms. The van der Waals surface area contributed by atoms with Crippen molar-refractivity contribution in [3.05, 3.63) is 24.3 Å². The smallest absolute Gasteiger partial charge is 0.0986 e. The zero-order valence-corrected chi connectivity index (χ0v) is 8.31. The lowest BCUT2D eigenvalue weighted by Crippen LogP contribution is -2.19. The Kier molecular flexibility index (Phi) is 3.06. The molecule has 0 amide bonds. The topological polar surface area (TPSA) is 47.0 Å². The molecule has 2 unspecified atom stereocenters. The van der Waals surface area contributed by atoms with Crippen molar-refractivity contribution in [2.45, 2.75) is 25.6 Å². The normalized spacial score (nSPS) is 23.6. The molecule has 2 rings (SSSR count). The van der Waals surface area contributed by atoms with Crippen LogP contribution in [0.25, 0.3) is 0 Å². The Morgan fingerprint density at radius 3 is 3.14 bits per heavy atom. The maximum atomic E-state index is 5.83. The molecule has 1 fully saturated rings. The summed E-state index contributed by atoms with van der Waals surface area (Å²) in [7, 11) is 0. The highest BCUT2D eigenvalue weighted by atomic mass is 16.5. The van der Waals surface area contributed by atoms with Crippen LogP contribution >= 0.6 is 0 Å². The number of nitrogens with one attached hydrogen (secondary N) is 1. The first-order chi connectivity index (χ1) is 6.86. The van der Waals surface area contributed by atoms with Crippen molar-refractivity contribution in [3.63, 3.8) is 0 Å². The fraction of sp³-hybridized carbons (Fsp3) is 0.600. The van der Waals surface area contributed by atoms with Gasteiger partial charge in [-0.3, -0.25) is 9.97 Å². The third kappa shape index (κ3) is 2.27. The minimum atomic E-state index is 0.0357. The number of nitrogens with zero attached hydrogens (tertiary/aromatic N) is 2. The van der Waals surface area contributed by atoms with Gasteiger partial charge in [0.05, 0.1) is 24.1 Å². The quantitative estimate of drug-likeness (QED) is 0.775. The van der Waals surface area contributed by atoms with Crippen LogP contribution in [0.2, 0.25) is 0 Å². The highest BCUT2D eigenvalue weighted by molar-refractivity contribution is 4.98. The number of rotatable bonds is 3. The van der Waals surface area contributed by atoms with Crippen LogP contribution in [0.3, 0.4) is 0 Å². The zero-order chi connectivity index (χ0) is 9.80. The second-order valence-corrected chi connectivity index (χ2v) is 3.52. The lowest BCUT2D eigenvalue weighted by molar-refractivity contribution is 0.00582. The molecule has 0 spiro atoms. The molecule has 76 valence electrons. The predicted octanol–water partition coefficient (Wildman–Crippen LogP) is 0.916. The SMILES string of the molecule is CC(OC1CCNC1)c1cnccn1. The second kappa shape index (κ2) is 4.48. The van der Waals surface area contributed by atoms with Crippen molar-refractivity contribution < 1.29 is 4.74 Å². The van der Waals surface area contributed by atoms with Crippen LogP contribution in [0.5, 0.6) is 0 Å². The van der Waals surface area contributed by atoms with E-state index in [2.05, 4.69) is 15.3 Å². The summed E-state index contributed by atoms with van der Waals surface area (Å²) in [5.74, 6) is 0. The maximum Gasteiger partial charge on any atom is 0.0986 e. The van der Waals surface area contributed by atoms with Gasteiger partial charge in [-0.05, 0) is 19.9 Å². The van der Waals surface area contributed by atoms with Gasteiger partial charge in [-0.2, -0.15) is 0 Å². The summed E-state index contributed by atoms with van der Waals surface area (Å²) in [5, 5.41) is 3.27. The summed E-state index contributed by atoms with van der Waals surface area (Å²) in [6.45, 7) is 4.02. The second-order valence-electron chi connectivity index (χ2n) is 3.52. The van der Waals surface area contributed by atoms with Crippen LogP contribution in [-0.4, -0.2) is 29.2 Å². The molecule has 0 bridgehead atoms. The Bertz CT molecular complexity index is 272. The van der Waals surface area contributed by atoms with E-state index in [-0.39, 0.29) is 6.10 Å². The summed E-state index contributed by atoms with van der Waals surface area (Å²) in [5.41, 5.74) is 0.902. The van der Waals surface area contributed by atoms with E-state index in [9.17, 15) is 0 Å². The van der Waals surface area contributed by atoms with Gasteiger partial charge < -0.3 is 10.1 Å². The van der Waals surface area contributed by atoms with Gasteiger partial charge in [0.2, 0.25) is 0 Å². The van der Waals surface area contributed by atoms with Crippen molar-refractivity contribution >= 4 is 0 Å². The zero-order valence-electron chi connectivity index (χ0n) is 8.31. The number of ether oxygens (including phenoxy) is 1. The molecule has 1 aliphatic rings. The van der Waals surface area contributed by atoms with Gasteiger partial charge in [0.25, 0.3) is 0 Å². The van der Waals surface area contributed by atoms with Crippen LogP contribution in [0.4, 0.5) is 0 Å². The fourth-order valence-electron chi connectivity index (χ4n) is 1.62. The van der Waals surface area contributed by atoms with Crippen molar-refractivity contribution in [1.29, 1.82) is 0 Å². The Labute approximate surface area is 83.7 Å². The Hall–Kier alpha value is -1.00. The highest BCUT2D eigenvalue weighted by Crippen LogP contribution is 2.17. The Morgan fingerprint density at radius 1 is 1.57 bits per heavy atom. The lowest BCUT2D eigenvalue weighted by atomic mass is 10.2. The summed E-state index contributed by atoms with van der Waals surface area (Å²) in [6.07, 6.45) is 6.58. The Balaban J connectivity index is 1.92. The third-order valence-corrected chi connectivity index (χ3v) is 2.41. The molecule has 1 aromatic heterocycles. The molecule has 0 radical (unpaired) electrons. The summed E-state index contributed by atoms with van der Waals surface area (Å²) in [6, 6.07) is 0. The van der Waals surface area contributed by atoms with Gasteiger partial charge in [0, 0.05) is 18.9 Å². The van der Waals surface area contributed by atoms with E-state index in [0.717, 1.165) is 25.2 Å². The van der Waals surface area contributed by atoms with Gasteiger partial charge in [-0.25, -0.2) is 0 Å². The fourth-order valence-corrected chi connectivity index (χ4v) is 1.62. The van der Waals surface area contributed by atoms with E-state index in [1.807, 2.05) is 6.92 Å². The van der Waals surface area contributed by atoms with Crippen molar-refractivity contribution in [1.82, 2.24) is 15.3 Å². The first-order valence-corrected chi connectivity index (χ1v) is 4.98. The number of hydrogen-bond donors (Lipinski definition) is 1. The van der Waals surface area contributed by atoms with E-state index in [4.69, 9.17) is 4.74 Å². The van der Waals surface area contributed by atoms with Crippen LogP contribution in [0, 0.1) is 0 Å². The average molecular weight is 193 g/mol. The molecule has 14 heavy (non-hydrogen) atoms. The summed E-state index contributed by atoms with van der Waals surface area (Å²) < 4.78 is 5.83. The molecule has 0 saturated carbocycles. The first kappa shape index (κ1) is 9.55. The minimum Gasteiger partial charge on any atom is -0.368 e. The summed E-state index contributed by atoms with van der Waals surface area (Å²) in [4.78, 5) is 8.24. The standard InChI is InChI=1S/C10H15N3O/c1-8(10-7-12-4-5-13-10)14-9-2-3-11-6-9/h4-5,7-9,11H,2-3,6H2,1H3. The van der Waals surface area contributed by atoms with E-state index in [1.165, 1.54) is 0 Å². The van der Waals surface area contributed by atoms with E-state index in [0.29, 0.717) is 6.10 Å². The lowest BCUT2D eigenvalue weighted by Gasteiger charge is -2.16. The largest absolute Gasteiger partial charge is 0.368 e. The van der Waals surface area contributed by atoms with Gasteiger partial charge in [0.15, 0.2) is 0 Å². The molecular weight excluding hydrogens is 178 g/mol. The molecule has 2 atom stereocenters. The maximum absolute atomic E-state index is 5.83. The van der Waals surface area contributed by atoms with Gasteiger partial charge in [-0.1, -0.05) is 0 Å². The van der Waals surface area contributed by atoms with Gasteiger partial charge in [-0.15, -0.1) is 0 Å². The number of aromatic nitrogens is 2. The molecule has 4 nitrogen and oxygen atoms in total. The van der Waals surface area contributed by atoms with Crippen molar-refractivity contribution in [3.8, 4) is 0 Å². The number of hydrogen-bond acceptors (Lipinski definition) is 4. The molecular formula is C10H15N3O. The molecule has 1 aliphatic heterocycles. The molecule has 1 aromatic rings. The van der Waals surface area contributed by atoms with E-state index < -0.39 is 0 Å². The monoisotopic (exact) mass is 193 g/mol. The first-order valence-electron chi connectivity index (χ1n) is 4.98. The van der Waals surface area contributed by atoms with Crippen LogP contribution < -0.4 is 5.32 Å². The van der Waals surface area contributed by atoms with Crippen LogP contribution in [0.1, 0.15) is 25.1 Å². The van der Waals surface area contributed by atoms with Crippen LogP contribution in [-0.2, 0) is 4.74 Å². The molecule has 1 N–H and O–H groups in total. The molecule has 1 saturated heterocycles. The molecule has 2 heterocycles. The Morgan fingerprint density at radius 2 is 2.50 bits per heavy atom. The van der Waals surface area contributed by atoms with Gasteiger partial charge >= 0.3 is 0 Å². The predicted molar refractivity (Wildman–Crippen MR) is 52.8 cm³/mol.